The molecule has 3 aromatic rings. The third kappa shape index (κ3) is 3.30. The fraction of sp³-hybridized carbons (Fsp3) is 0.235. The molecule has 124 valence electrons. The van der Waals surface area contributed by atoms with Gasteiger partial charge in [-0.1, -0.05) is 12.1 Å². The summed E-state index contributed by atoms with van der Waals surface area (Å²) in [5.74, 6) is -0.137. The zero-order chi connectivity index (χ0) is 17.1. The Labute approximate surface area is 143 Å². The molecule has 0 radical (unpaired) electrons. The third-order valence-electron chi connectivity index (χ3n) is 3.69. The maximum absolute atomic E-state index is 12.3. The maximum Gasteiger partial charge on any atom is 0.262 e. The molecule has 0 spiro atoms. The van der Waals surface area contributed by atoms with Crippen molar-refractivity contribution in [2.75, 3.05) is 24.3 Å². The predicted octanol–water partition coefficient (Wildman–Crippen LogP) is 2.55. The van der Waals surface area contributed by atoms with Crippen molar-refractivity contribution in [1.29, 1.82) is 0 Å². The molecule has 7 heteroatoms. The van der Waals surface area contributed by atoms with Crippen LogP contribution in [0.25, 0.3) is 10.2 Å². The summed E-state index contributed by atoms with van der Waals surface area (Å²) in [5, 5.41) is 5.34. The number of carbonyl (C=O) groups excluding carboxylic acids is 1. The number of rotatable bonds is 5. The van der Waals surface area contributed by atoms with Crippen molar-refractivity contribution >= 4 is 38.8 Å². The molecule has 0 aliphatic rings. The average Bonchev–Trinajstić information content (AvgIpc) is 3.04. The molecule has 1 aromatic carbocycles. The highest BCUT2D eigenvalue weighted by molar-refractivity contribution is 7.16. The summed E-state index contributed by atoms with van der Waals surface area (Å²) in [6.45, 7) is 0.299. The van der Waals surface area contributed by atoms with Crippen molar-refractivity contribution in [2.45, 2.75) is 13.0 Å². The number of hydrogen-bond acceptors (Lipinski definition) is 5. The van der Waals surface area contributed by atoms with Crippen molar-refractivity contribution in [2.24, 2.45) is 0 Å². The van der Waals surface area contributed by atoms with Crippen LogP contribution in [-0.2, 0) is 11.3 Å². The van der Waals surface area contributed by atoms with Gasteiger partial charge in [-0.3, -0.25) is 14.2 Å². The number of carbonyl (C=O) groups is 1. The molecule has 3 rings (SSSR count). The highest BCUT2D eigenvalue weighted by Crippen LogP contribution is 2.23. The number of amides is 1. The van der Waals surface area contributed by atoms with Gasteiger partial charge in [-0.15, -0.1) is 11.3 Å². The molecule has 0 aliphatic heterocycles. The molecular formula is C17H18N4O2S. The first kappa shape index (κ1) is 16.2. The molecule has 0 aliphatic carbocycles. The Kier molecular flexibility index (Phi) is 4.61. The Hall–Kier alpha value is -2.67. The van der Waals surface area contributed by atoms with E-state index in [0.29, 0.717) is 11.9 Å². The zero-order valence-corrected chi connectivity index (χ0v) is 14.3. The molecule has 2 heterocycles. The van der Waals surface area contributed by atoms with Crippen LogP contribution in [0.3, 0.4) is 0 Å². The van der Waals surface area contributed by atoms with Gasteiger partial charge in [-0.2, -0.15) is 0 Å². The fourth-order valence-corrected chi connectivity index (χ4v) is 3.18. The summed E-state index contributed by atoms with van der Waals surface area (Å²) in [6, 6.07) is 9.36. The van der Waals surface area contributed by atoms with Crippen LogP contribution in [0.5, 0.6) is 0 Å². The van der Waals surface area contributed by atoms with E-state index in [0.717, 1.165) is 16.2 Å². The number of fused-ring (bicyclic) bond motifs is 1. The van der Waals surface area contributed by atoms with Gasteiger partial charge in [-0.05, 0) is 23.6 Å². The second-order valence-electron chi connectivity index (χ2n) is 5.59. The SMILES string of the molecule is CN(C)c1ccccc1NC(=O)CCn1cnc2sccc2c1=O. The topological polar surface area (TPSA) is 67.2 Å². The maximum atomic E-state index is 12.3. The summed E-state index contributed by atoms with van der Waals surface area (Å²) < 4.78 is 1.48. The van der Waals surface area contributed by atoms with Crippen molar-refractivity contribution in [3.05, 3.63) is 52.4 Å². The van der Waals surface area contributed by atoms with Gasteiger partial charge in [-0.25, -0.2) is 4.98 Å². The highest BCUT2D eigenvalue weighted by atomic mass is 32.1. The van der Waals surface area contributed by atoms with E-state index in [-0.39, 0.29) is 17.9 Å². The first-order chi connectivity index (χ1) is 11.6. The molecule has 1 amide bonds. The fourth-order valence-electron chi connectivity index (χ4n) is 2.46. The summed E-state index contributed by atoms with van der Waals surface area (Å²) in [4.78, 5) is 31.4. The largest absolute Gasteiger partial charge is 0.376 e. The second-order valence-corrected chi connectivity index (χ2v) is 6.49. The minimum absolute atomic E-state index is 0.109. The quantitative estimate of drug-likeness (QED) is 0.774. The molecule has 2 aromatic heterocycles. The average molecular weight is 342 g/mol. The van der Waals surface area contributed by atoms with Gasteiger partial charge in [0.2, 0.25) is 5.91 Å². The lowest BCUT2D eigenvalue weighted by molar-refractivity contribution is -0.116. The lowest BCUT2D eigenvalue weighted by Crippen LogP contribution is -2.23. The molecule has 0 bridgehead atoms. The number of thiophene rings is 1. The van der Waals surface area contributed by atoms with Gasteiger partial charge < -0.3 is 10.2 Å². The van der Waals surface area contributed by atoms with E-state index in [1.165, 1.54) is 22.2 Å². The van der Waals surface area contributed by atoms with Gasteiger partial charge in [0.15, 0.2) is 0 Å². The number of benzene rings is 1. The van der Waals surface area contributed by atoms with Crippen molar-refractivity contribution in [1.82, 2.24) is 9.55 Å². The Balaban J connectivity index is 1.69. The van der Waals surface area contributed by atoms with Crippen molar-refractivity contribution in [3.63, 3.8) is 0 Å². The van der Waals surface area contributed by atoms with E-state index in [1.54, 1.807) is 6.07 Å². The molecule has 0 saturated carbocycles. The number of para-hydroxylation sites is 2. The number of anilines is 2. The van der Waals surface area contributed by atoms with Crippen molar-refractivity contribution in [3.8, 4) is 0 Å². The van der Waals surface area contributed by atoms with Gasteiger partial charge in [0.25, 0.3) is 5.56 Å². The highest BCUT2D eigenvalue weighted by Gasteiger charge is 2.10. The van der Waals surface area contributed by atoms with Crippen LogP contribution in [-0.4, -0.2) is 29.6 Å². The number of nitrogens with one attached hydrogen (secondary N) is 1. The lowest BCUT2D eigenvalue weighted by atomic mass is 10.2. The molecule has 24 heavy (non-hydrogen) atoms. The third-order valence-corrected chi connectivity index (χ3v) is 4.51. The van der Waals surface area contributed by atoms with Crippen LogP contribution in [0.1, 0.15) is 6.42 Å². The summed E-state index contributed by atoms with van der Waals surface area (Å²) in [7, 11) is 3.85. The van der Waals surface area contributed by atoms with Crippen LogP contribution in [0.4, 0.5) is 11.4 Å². The van der Waals surface area contributed by atoms with Crippen LogP contribution in [0.15, 0.2) is 46.8 Å². The monoisotopic (exact) mass is 342 g/mol. The Morgan fingerprint density at radius 1 is 1.29 bits per heavy atom. The Morgan fingerprint density at radius 3 is 2.88 bits per heavy atom. The normalized spacial score (nSPS) is 10.8. The van der Waals surface area contributed by atoms with Gasteiger partial charge in [0, 0.05) is 27.1 Å². The lowest BCUT2D eigenvalue weighted by Gasteiger charge is -2.17. The van der Waals surface area contributed by atoms with E-state index in [4.69, 9.17) is 0 Å². The molecule has 6 nitrogen and oxygen atoms in total. The number of nitrogens with zero attached hydrogens (tertiary/aromatic N) is 3. The molecular weight excluding hydrogens is 324 g/mol. The minimum Gasteiger partial charge on any atom is -0.376 e. The van der Waals surface area contributed by atoms with E-state index >= 15 is 0 Å². The Morgan fingerprint density at radius 2 is 2.08 bits per heavy atom. The molecule has 1 N–H and O–H groups in total. The van der Waals surface area contributed by atoms with E-state index in [9.17, 15) is 9.59 Å². The van der Waals surface area contributed by atoms with E-state index in [2.05, 4.69) is 10.3 Å². The van der Waals surface area contributed by atoms with Gasteiger partial charge in [0.1, 0.15) is 4.83 Å². The number of hydrogen-bond donors (Lipinski definition) is 1. The number of aromatic nitrogens is 2. The second kappa shape index (κ2) is 6.84. The standard InChI is InChI=1S/C17H18N4O2S/c1-20(2)14-6-4-3-5-13(14)19-15(22)7-9-21-11-18-16-12(17(21)23)8-10-24-16/h3-6,8,10-11H,7,9H2,1-2H3,(H,19,22). The van der Waals surface area contributed by atoms with Crippen LogP contribution in [0, 0.1) is 0 Å². The smallest absolute Gasteiger partial charge is 0.262 e. The van der Waals surface area contributed by atoms with E-state index < -0.39 is 0 Å². The van der Waals surface area contributed by atoms with Crippen molar-refractivity contribution < 1.29 is 4.79 Å². The van der Waals surface area contributed by atoms with Crippen LogP contribution in [0.2, 0.25) is 0 Å². The summed E-state index contributed by atoms with van der Waals surface area (Å²) >= 11 is 1.43. The Bertz CT molecular complexity index is 929. The summed E-state index contributed by atoms with van der Waals surface area (Å²) in [5.41, 5.74) is 1.58. The van der Waals surface area contributed by atoms with Gasteiger partial charge >= 0.3 is 0 Å². The summed E-state index contributed by atoms with van der Waals surface area (Å²) in [6.07, 6.45) is 1.71. The van der Waals surface area contributed by atoms with Gasteiger partial charge in [0.05, 0.1) is 23.1 Å². The molecule has 0 atom stereocenters. The predicted molar refractivity (Wildman–Crippen MR) is 97.9 cm³/mol. The molecule has 0 saturated heterocycles. The van der Waals surface area contributed by atoms with Crippen LogP contribution >= 0.6 is 11.3 Å². The van der Waals surface area contributed by atoms with Crippen LogP contribution < -0.4 is 15.8 Å². The molecule has 0 unspecified atom stereocenters. The molecule has 0 fully saturated rings. The minimum atomic E-state index is -0.137. The zero-order valence-electron chi connectivity index (χ0n) is 13.5. The number of aryl methyl sites for hydroxylation is 1. The van der Waals surface area contributed by atoms with E-state index in [1.807, 2.05) is 48.6 Å². The first-order valence-corrected chi connectivity index (χ1v) is 8.43. The first-order valence-electron chi connectivity index (χ1n) is 7.55.